The number of halogens is 2. The van der Waals surface area contributed by atoms with E-state index in [1.807, 2.05) is 24.3 Å². The van der Waals surface area contributed by atoms with Crippen LogP contribution in [0.4, 0.5) is 13.6 Å². The number of fused-ring (bicyclic) bond motifs is 1. The summed E-state index contributed by atoms with van der Waals surface area (Å²) in [5, 5.41) is 1.00. The van der Waals surface area contributed by atoms with E-state index in [4.69, 9.17) is 19.9 Å². The molecule has 0 saturated carbocycles. The maximum Gasteiger partial charge on any atom is 0.410 e. The van der Waals surface area contributed by atoms with Crippen molar-refractivity contribution >= 4 is 29.0 Å². The quantitative estimate of drug-likeness (QED) is 0.300. The summed E-state index contributed by atoms with van der Waals surface area (Å²) in [7, 11) is 1.62. The Morgan fingerprint density at radius 2 is 1.93 bits per heavy atom. The van der Waals surface area contributed by atoms with Crippen molar-refractivity contribution < 1.29 is 32.6 Å². The molecule has 1 aliphatic rings. The zero-order valence-corrected chi connectivity index (χ0v) is 25.0. The van der Waals surface area contributed by atoms with E-state index >= 15 is 0 Å². The Morgan fingerprint density at radius 1 is 1.14 bits per heavy atom. The molecular formula is C33H39F2N3O5. The van der Waals surface area contributed by atoms with Crippen molar-refractivity contribution in [1.82, 2.24) is 9.88 Å². The lowest BCUT2D eigenvalue weighted by atomic mass is 9.92. The topological polar surface area (TPSA) is 104 Å². The Kier molecular flexibility index (Phi) is 10.3. The Labute approximate surface area is 250 Å². The lowest BCUT2D eigenvalue weighted by molar-refractivity contribution is -0.131. The van der Waals surface area contributed by atoms with Gasteiger partial charge in [-0.15, -0.1) is 0 Å². The fourth-order valence-electron chi connectivity index (χ4n) is 5.34. The molecule has 0 bridgehead atoms. The van der Waals surface area contributed by atoms with Gasteiger partial charge in [0.2, 0.25) is 5.91 Å². The summed E-state index contributed by atoms with van der Waals surface area (Å²) in [5.74, 6) is -0.963. The molecule has 1 saturated heterocycles. The number of hydrogen-bond donors (Lipinski definition) is 1. The van der Waals surface area contributed by atoms with Crippen LogP contribution >= 0.6 is 0 Å². The van der Waals surface area contributed by atoms with Crippen LogP contribution in [-0.4, -0.2) is 59.4 Å². The third kappa shape index (κ3) is 8.73. The second kappa shape index (κ2) is 13.9. The molecule has 1 aromatic heterocycles. The number of pyridine rings is 1. The van der Waals surface area contributed by atoms with Gasteiger partial charge < -0.3 is 19.9 Å². The van der Waals surface area contributed by atoms with Crippen LogP contribution < -0.4 is 10.5 Å². The molecule has 0 aliphatic carbocycles. The van der Waals surface area contributed by atoms with Crippen molar-refractivity contribution in [3.05, 3.63) is 77.5 Å². The summed E-state index contributed by atoms with van der Waals surface area (Å²) in [6, 6.07) is 10.4. The van der Waals surface area contributed by atoms with Gasteiger partial charge in [-0.05, 0) is 94.5 Å². The molecule has 3 atom stereocenters. The predicted octanol–water partition coefficient (Wildman–Crippen LogP) is 6.20. The highest BCUT2D eigenvalue weighted by Crippen LogP contribution is 2.31. The number of nitrogens with two attached hydrogens (primary N) is 1. The second-order valence-corrected chi connectivity index (χ2v) is 11.7. The van der Waals surface area contributed by atoms with Gasteiger partial charge in [0.05, 0.1) is 37.3 Å². The van der Waals surface area contributed by atoms with Gasteiger partial charge in [0.15, 0.2) is 0 Å². The highest BCUT2D eigenvalue weighted by molar-refractivity contribution is 5.83. The summed E-state index contributed by atoms with van der Waals surface area (Å²) in [5.41, 5.74) is 6.86. The molecule has 0 radical (unpaired) electrons. The summed E-state index contributed by atoms with van der Waals surface area (Å²) in [4.78, 5) is 31.4. The number of methoxy groups -OCH3 is 1. The molecule has 1 fully saturated rings. The van der Waals surface area contributed by atoms with Crippen molar-refractivity contribution in [3.8, 4) is 5.75 Å². The van der Waals surface area contributed by atoms with Crippen molar-refractivity contribution in [2.75, 3.05) is 13.7 Å². The van der Waals surface area contributed by atoms with E-state index in [9.17, 15) is 18.4 Å². The molecule has 2 aromatic carbocycles. The first-order valence-electron chi connectivity index (χ1n) is 14.4. The Morgan fingerprint density at radius 3 is 2.65 bits per heavy atom. The number of aromatic nitrogens is 1. The minimum atomic E-state index is -0.777. The molecule has 1 aliphatic heterocycles. The first kappa shape index (κ1) is 31.9. The number of nitrogens with zero attached hydrogens (tertiary/aromatic N) is 2. The van der Waals surface area contributed by atoms with Gasteiger partial charge in [0, 0.05) is 23.7 Å². The Hall–Kier alpha value is -4.05. The molecule has 2 N–H and O–H groups in total. The van der Waals surface area contributed by atoms with Crippen molar-refractivity contribution in [2.45, 2.75) is 76.7 Å². The van der Waals surface area contributed by atoms with Gasteiger partial charge in [-0.25, -0.2) is 13.6 Å². The van der Waals surface area contributed by atoms with Crippen LogP contribution in [0.15, 0.2) is 54.7 Å². The molecule has 10 heteroatoms. The van der Waals surface area contributed by atoms with E-state index in [1.165, 1.54) is 11.0 Å². The average Bonchev–Trinajstić information content (AvgIpc) is 2.94. The number of carbonyl (C=O) groups is 2. The van der Waals surface area contributed by atoms with Crippen molar-refractivity contribution in [2.24, 2.45) is 5.73 Å². The molecule has 2 heterocycles. The lowest BCUT2D eigenvalue weighted by Crippen LogP contribution is -2.54. The van der Waals surface area contributed by atoms with Gasteiger partial charge in [0.25, 0.3) is 0 Å². The third-order valence-electron chi connectivity index (χ3n) is 7.34. The molecule has 8 nitrogen and oxygen atoms in total. The number of hydrogen-bond acceptors (Lipinski definition) is 6. The van der Waals surface area contributed by atoms with Crippen LogP contribution in [-0.2, 0) is 20.7 Å². The van der Waals surface area contributed by atoms with E-state index in [2.05, 4.69) is 4.98 Å². The zero-order chi connectivity index (χ0) is 31.1. The van der Waals surface area contributed by atoms with E-state index in [-0.39, 0.29) is 24.6 Å². The molecule has 230 valence electrons. The van der Waals surface area contributed by atoms with Crippen molar-refractivity contribution in [1.29, 1.82) is 0 Å². The third-order valence-corrected chi connectivity index (χ3v) is 7.34. The van der Waals surface area contributed by atoms with Crippen LogP contribution in [0.2, 0.25) is 0 Å². The molecule has 2 amide bonds. The Bertz CT molecular complexity index is 1470. The molecule has 43 heavy (non-hydrogen) atoms. The standard InChI is InChI=1S/C33H39F2N3O5/c1-33(2,3)43-32(40)38(17-5-6-22-18-23(34)8-12-27(22)35)29-14-11-24(42-30(29)20-31(36)39)9-7-21-15-16-37-28-13-10-25(41-4)19-26(21)28/h5-6,8,10,12-13,15-16,18-19,24,29-30H,7,9,11,14,17,20H2,1-4H3,(H2,36,39)/t24-,29-,30-/m1/s1. The molecular weight excluding hydrogens is 556 g/mol. The summed E-state index contributed by atoms with van der Waals surface area (Å²) >= 11 is 0. The largest absolute Gasteiger partial charge is 0.497 e. The highest BCUT2D eigenvalue weighted by atomic mass is 19.1. The van der Waals surface area contributed by atoms with Crippen LogP contribution in [0.3, 0.4) is 0 Å². The van der Waals surface area contributed by atoms with E-state index in [0.29, 0.717) is 25.7 Å². The normalized spacial score (nSPS) is 19.0. The number of ether oxygens (including phenoxy) is 3. The maximum absolute atomic E-state index is 14.2. The summed E-state index contributed by atoms with van der Waals surface area (Å²) in [6.45, 7) is 5.30. The Balaban J connectivity index is 1.52. The SMILES string of the molecule is COc1ccc2nccc(CC[C@@H]3CC[C@@H](N(CC=Cc4cc(F)ccc4F)C(=O)OC(C)(C)C)[C@@H](CC(N)=O)O3)c2c1. The maximum atomic E-state index is 14.2. The van der Waals surface area contributed by atoms with E-state index in [1.54, 1.807) is 40.2 Å². The number of carbonyl (C=O) groups excluding carboxylic acids is 2. The first-order valence-corrected chi connectivity index (χ1v) is 14.4. The number of rotatable bonds is 10. The molecule has 3 aromatic rings. The van der Waals surface area contributed by atoms with E-state index in [0.717, 1.165) is 40.4 Å². The van der Waals surface area contributed by atoms with Gasteiger partial charge in [-0.2, -0.15) is 0 Å². The van der Waals surface area contributed by atoms with Crippen LogP contribution in [0.1, 0.15) is 57.6 Å². The summed E-state index contributed by atoms with van der Waals surface area (Å²) in [6.07, 6.45) is 5.80. The van der Waals surface area contributed by atoms with Crippen LogP contribution in [0.25, 0.3) is 17.0 Å². The number of aryl methyl sites for hydroxylation is 1. The number of primary amides is 1. The monoisotopic (exact) mass is 595 g/mol. The van der Waals surface area contributed by atoms with Gasteiger partial charge >= 0.3 is 6.09 Å². The van der Waals surface area contributed by atoms with Crippen LogP contribution in [0, 0.1) is 11.6 Å². The first-order chi connectivity index (χ1) is 20.4. The minimum absolute atomic E-state index is 0.0314. The number of benzene rings is 2. The predicted molar refractivity (Wildman–Crippen MR) is 160 cm³/mol. The minimum Gasteiger partial charge on any atom is -0.497 e. The van der Waals surface area contributed by atoms with Gasteiger partial charge in [0.1, 0.15) is 23.0 Å². The van der Waals surface area contributed by atoms with E-state index < -0.39 is 41.4 Å². The van der Waals surface area contributed by atoms with Crippen LogP contribution in [0.5, 0.6) is 5.75 Å². The number of amides is 2. The lowest BCUT2D eigenvalue weighted by Gasteiger charge is -2.42. The average molecular weight is 596 g/mol. The molecule has 4 rings (SSSR count). The molecule has 0 unspecified atom stereocenters. The highest BCUT2D eigenvalue weighted by Gasteiger charge is 2.39. The zero-order valence-electron chi connectivity index (χ0n) is 25.0. The van der Waals surface area contributed by atoms with Gasteiger partial charge in [-0.3, -0.25) is 14.7 Å². The fraction of sp³-hybridized carbons (Fsp3) is 0.424. The summed E-state index contributed by atoms with van der Waals surface area (Å²) < 4.78 is 45.4. The second-order valence-electron chi connectivity index (χ2n) is 11.7. The van der Waals surface area contributed by atoms with Crippen molar-refractivity contribution in [3.63, 3.8) is 0 Å². The van der Waals surface area contributed by atoms with Gasteiger partial charge in [-0.1, -0.05) is 12.2 Å². The molecule has 0 spiro atoms. The smallest absolute Gasteiger partial charge is 0.410 e. The fourth-order valence-corrected chi connectivity index (χ4v) is 5.34.